The Kier molecular flexibility index (Phi) is 4.06. The van der Waals surface area contributed by atoms with Gasteiger partial charge in [-0.3, -0.25) is 4.79 Å². The number of hydrogen-bond acceptors (Lipinski definition) is 4. The summed E-state index contributed by atoms with van der Waals surface area (Å²) < 4.78 is 4.67. The fourth-order valence-electron chi connectivity index (χ4n) is 2.36. The van der Waals surface area contributed by atoms with E-state index >= 15 is 0 Å². The smallest absolute Gasteiger partial charge is 0.409 e. The number of methoxy groups -OCH3 is 1. The second kappa shape index (κ2) is 5.56. The molecule has 0 radical (unpaired) electrons. The van der Waals surface area contributed by atoms with Crippen molar-refractivity contribution in [2.75, 3.05) is 26.7 Å². The molecule has 0 bridgehead atoms. The Hall–Kier alpha value is -1.30. The Balaban J connectivity index is 1.91. The molecule has 0 spiro atoms. The molecule has 102 valence electrons. The van der Waals surface area contributed by atoms with Gasteiger partial charge in [-0.2, -0.15) is 0 Å². The second-order valence-electron chi connectivity index (χ2n) is 5.19. The Morgan fingerprint density at radius 3 is 2.67 bits per heavy atom. The summed E-state index contributed by atoms with van der Waals surface area (Å²) in [7, 11) is 1.32. The summed E-state index contributed by atoms with van der Waals surface area (Å²) in [5, 5.41) is 12.5. The summed E-state index contributed by atoms with van der Waals surface area (Å²) in [6, 6.07) is 0.0551. The minimum absolute atomic E-state index is 0.0551. The first-order chi connectivity index (χ1) is 8.60. The van der Waals surface area contributed by atoms with Gasteiger partial charge in [0.25, 0.3) is 0 Å². The molecule has 1 aliphatic heterocycles. The highest BCUT2D eigenvalue weighted by molar-refractivity contribution is 5.73. The molecular weight excluding hydrogens is 236 g/mol. The van der Waals surface area contributed by atoms with Gasteiger partial charge < -0.3 is 20.1 Å². The van der Waals surface area contributed by atoms with Crippen LogP contribution in [0, 0.1) is 11.8 Å². The van der Waals surface area contributed by atoms with Crippen molar-refractivity contribution in [3.8, 4) is 0 Å². The van der Waals surface area contributed by atoms with Crippen LogP contribution < -0.4 is 5.32 Å². The van der Waals surface area contributed by atoms with Gasteiger partial charge in [-0.1, -0.05) is 0 Å². The van der Waals surface area contributed by atoms with Gasteiger partial charge in [-0.15, -0.1) is 0 Å². The second-order valence-corrected chi connectivity index (χ2v) is 5.19. The average Bonchev–Trinajstić information content (AvgIpc) is 3.19. The van der Waals surface area contributed by atoms with E-state index in [1.807, 2.05) is 0 Å². The summed E-state index contributed by atoms with van der Waals surface area (Å²) in [5.74, 6) is -0.613. The van der Waals surface area contributed by atoms with E-state index < -0.39 is 18.0 Å². The van der Waals surface area contributed by atoms with Crippen molar-refractivity contribution >= 4 is 12.1 Å². The molecule has 1 amide bonds. The summed E-state index contributed by atoms with van der Waals surface area (Å²) in [5.41, 5.74) is 0. The first-order valence-corrected chi connectivity index (χ1v) is 6.39. The number of carboxylic acid groups (broad SMARTS) is 1. The fraction of sp³-hybridized carbons (Fsp3) is 0.833. The minimum Gasteiger partial charge on any atom is -0.481 e. The van der Waals surface area contributed by atoms with Gasteiger partial charge in [-0.05, 0) is 31.7 Å². The summed E-state index contributed by atoms with van der Waals surface area (Å²) in [4.78, 5) is 24.1. The van der Waals surface area contributed by atoms with Crippen LogP contribution in [0.5, 0.6) is 0 Å². The standard InChI is InChI=1S/C12H20N2O4/c1-18-12(17)14-6-9(11(15)16)4-10(7-14)13-5-8-2-3-8/h8-10,13H,2-7H2,1H3,(H,15,16). The molecule has 2 rings (SSSR count). The molecule has 2 unspecified atom stereocenters. The summed E-state index contributed by atoms with van der Waals surface area (Å²) in [6.07, 6.45) is 2.64. The molecule has 2 aliphatic rings. The van der Waals surface area contributed by atoms with Crippen LogP contribution in [-0.2, 0) is 9.53 Å². The molecule has 1 saturated carbocycles. The van der Waals surface area contributed by atoms with Crippen molar-refractivity contribution in [1.82, 2.24) is 10.2 Å². The van der Waals surface area contributed by atoms with Gasteiger partial charge in [0.15, 0.2) is 0 Å². The van der Waals surface area contributed by atoms with E-state index in [9.17, 15) is 9.59 Å². The number of aliphatic carboxylic acids is 1. The number of amides is 1. The number of rotatable bonds is 4. The third-order valence-electron chi connectivity index (χ3n) is 3.62. The van der Waals surface area contributed by atoms with Crippen molar-refractivity contribution in [3.63, 3.8) is 0 Å². The first kappa shape index (κ1) is 13.1. The highest BCUT2D eigenvalue weighted by Gasteiger charge is 2.34. The van der Waals surface area contributed by atoms with Crippen LogP contribution in [0.15, 0.2) is 0 Å². The number of carboxylic acids is 1. The predicted octanol–water partition coefficient (Wildman–Crippen LogP) is 0.527. The van der Waals surface area contributed by atoms with E-state index in [4.69, 9.17) is 5.11 Å². The molecular formula is C12H20N2O4. The van der Waals surface area contributed by atoms with Gasteiger partial charge in [0, 0.05) is 19.1 Å². The number of likely N-dealkylation sites (tertiary alicyclic amines) is 1. The van der Waals surface area contributed by atoms with Crippen molar-refractivity contribution in [3.05, 3.63) is 0 Å². The third kappa shape index (κ3) is 3.35. The molecule has 6 heteroatoms. The minimum atomic E-state index is -0.846. The monoisotopic (exact) mass is 256 g/mol. The average molecular weight is 256 g/mol. The molecule has 0 aromatic heterocycles. The molecule has 18 heavy (non-hydrogen) atoms. The first-order valence-electron chi connectivity index (χ1n) is 6.39. The predicted molar refractivity (Wildman–Crippen MR) is 64.2 cm³/mol. The molecule has 2 N–H and O–H groups in total. The Morgan fingerprint density at radius 2 is 2.11 bits per heavy atom. The Labute approximate surface area is 106 Å². The van der Waals surface area contributed by atoms with Gasteiger partial charge in [0.05, 0.1) is 13.0 Å². The number of piperidine rings is 1. The SMILES string of the molecule is COC(=O)N1CC(NCC2CC2)CC(C(=O)O)C1. The van der Waals surface area contributed by atoms with Gasteiger partial charge in [-0.25, -0.2) is 4.79 Å². The number of nitrogens with one attached hydrogen (secondary N) is 1. The molecule has 1 aliphatic carbocycles. The van der Waals surface area contributed by atoms with Crippen LogP contribution in [0.3, 0.4) is 0 Å². The van der Waals surface area contributed by atoms with Crippen LogP contribution in [0.2, 0.25) is 0 Å². The van der Waals surface area contributed by atoms with Crippen LogP contribution in [-0.4, -0.2) is 54.9 Å². The van der Waals surface area contributed by atoms with Crippen molar-refractivity contribution in [1.29, 1.82) is 0 Å². The third-order valence-corrected chi connectivity index (χ3v) is 3.62. The number of ether oxygens (including phenoxy) is 1. The molecule has 2 fully saturated rings. The maximum atomic E-state index is 11.5. The Bertz CT molecular complexity index is 330. The number of carbonyl (C=O) groups excluding carboxylic acids is 1. The largest absolute Gasteiger partial charge is 0.481 e. The lowest BCUT2D eigenvalue weighted by Crippen LogP contribution is -2.53. The molecule has 2 atom stereocenters. The number of carbonyl (C=O) groups is 2. The zero-order valence-corrected chi connectivity index (χ0v) is 10.6. The van der Waals surface area contributed by atoms with Crippen LogP contribution in [0.1, 0.15) is 19.3 Å². The van der Waals surface area contributed by atoms with Crippen LogP contribution in [0.4, 0.5) is 4.79 Å². The lowest BCUT2D eigenvalue weighted by molar-refractivity contribution is -0.143. The quantitative estimate of drug-likeness (QED) is 0.767. The molecule has 6 nitrogen and oxygen atoms in total. The van der Waals surface area contributed by atoms with Gasteiger partial charge in [0.1, 0.15) is 0 Å². The summed E-state index contributed by atoms with van der Waals surface area (Å²) in [6.45, 7) is 1.69. The van der Waals surface area contributed by atoms with E-state index in [2.05, 4.69) is 10.1 Å². The Morgan fingerprint density at radius 1 is 1.39 bits per heavy atom. The van der Waals surface area contributed by atoms with Gasteiger partial charge in [0.2, 0.25) is 0 Å². The van der Waals surface area contributed by atoms with E-state index in [1.165, 1.54) is 24.9 Å². The molecule has 0 aromatic rings. The van der Waals surface area contributed by atoms with E-state index in [1.54, 1.807) is 0 Å². The molecule has 1 saturated heterocycles. The number of nitrogens with zero attached hydrogens (tertiary/aromatic N) is 1. The van der Waals surface area contributed by atoms with Crippen molar-refractivity contribution in [2.24, 2.45) is 11.8 Å². The maximum Gasteiger partial charge on any atom is 0.409 e. The zero-order valence-electron chi connectivity index (χ0n) is 10.6. The normalized spacial score (nSPS) is 27.9. The lowest BCUT2D eigenvalue weighted by atomic mass is 9.94. The lowest BCUT2D eigenvalue weighted by Gasteiger charge is -2.35. The van der Waals surface area contributed by atoms with Gasteiger partial charge >= 0.3 is 12.1 Å². The molecule has 0 aromatic carbocycles. The van der Waals surface area contributed by atoms with Crippen molar-refractivity contribution in [2.45, 2.75) is 25.3 Å². The highest BCUT2D eigenvalue weighted by atomic mass is 16.5. The topological polar surface area (TPSA) is 78.9 Å². The van der Waals surface area contributed by atoms with E-state index in [0.717, 1.165) is 12.5 Å². The fourth-order valence-corrected chi connectivity index (χ4v) is 2.36. The van der Waals surface area contributed by atoms with Crippen molar-refractivity contribution < 1.29 is 19.4 Å². The van der Waals surface area contributed by atoms with E-state index in [0.29, 0.717) is 13.0 Å². The molecule has 1 heterocycles. The summed E-state index contributed by atoms with van der Waals surface area (Å²) >= 11 is 0. The highest BCUT2D eigenvalue weighted by Crippen LogP contribution is 2.28. The van der Waals surface area contributed by atoms with E-state index in [-0.39, 0.29) is 12.6 Å². The maximum absolute atomic E-state index is 11.5. The number of hydrogen-bond donors (Lipinski definition) is 2. The van der Waals surface area contributed by atoms with Crippen LogP contribution >= 0.6 is 0 Å². The zero-order chi connectivity index (χ0) is 13.1. The van der Waals surface area contributed by atoms with Crippen LogP contribution in [0.25, 0.3) is 0 Å².